The van der Waals surface area contributed by atoms with Crippen molar-refractivity contribution in [2.45, 2.75) is 66.1 Å². The number of rotatable bonds is 12. The second-order valence-electron chi connectivity index (χ2n) is 9.34. The van der Waals surface area contributed by atoms with Crippen LogP contribution in [0.25, 0.3) is 0 Å². The van der Waals surface area contributed by atoms with Gasteiger partial charge in [0.05, 0.1) is 5.69 Å². The molecular weight excluding hydrogens is 476 g/mol. The standard InChI is InChI=1S/C27H40N4O4S/c1-8-22(5)28-27(33)24(9-2)30(18-23-13-11-10-12-14-23)26(32)19-31(36(34,35)29(6)7)25-17-20(3)15-16-21(25)4/h10-17,22,24H,8-9,18-19H2,1-7H3,(H,28,33)/t22-,24-/m0/s1. The monoisotopic (exact) mass is 516 g/mol. The Balaban J connectivity index is 2.53. The number of hydrogen-bond donors (Lipinski definition) is 1. The zero-order valence-corrected chi connectivity index (χ0v) is 23.3. The summed E-state index contributed by atoms with van der Waals surface area (Å²) in [4.78, 5) is 28.6. The summed E-state index contributed by atoms with van der Waals surface area (Å²) in [5.74, 6) is -0.693. The summed E-state index contributed by atoms with van der Waals surface area (Å²) in [6.45, 7) is 9.20. The van der Waals surface area contributed by atoms with Gasteiger partial charge in [0.15, 0.2) is 0 Å². The van der Waals surface area contributed by atoms with Crippen molar-refractivity contribution in [3.63, 3.8) is 0 Å². The molecule has 2 aromatic carbocycles. The largest absolute Gasteiger partial charge is 0.352 e. The normalized spacial score (nSPS) is 13.2. The van der Waals surface area contributed by atoms with E-state index in [9.17, 15) is 18.0 Å². The highest BCUT2D eigenvalue weighted by Gasteiger charge is 2.34. The fourth-order valence-electron chi connectivity index (χ4n) is 3.83. The molecule has 0 unspecified atom stereocenters. The van der Waals surface area contributed by atoms with E-state index in [-0.39, 0.29) is 18.5 Å². The molecule has 2 aromatic rings. The molecular formula is C27H40N4O4S. The molecule has 2 atom stereocenters. The summed E-state index contributed by atoms with van der Waals surface area (Å²) < 4.78 is 29.0. The number of benzene rings is 2. The van der Waals surface area contributed by atoms with Gasteiger partial charge < -0.3 is 10.2 Å². The minimum absolute atomic E-state index is 0.0409. The van der Waals surface area contributed by atoms with Crippen molar-refractivity contribution in [1.29, 1.82) is 0 Å². The van der Waals surface area contributed by atoms with Crippen molar-refractivity contribution in [3.05, 3.63) is 65.2 Å². The van der Waals surface area contributed by atoms with Crippen LogP contribution in [0.4, 0.5) is 5.69 Å². The van der Waals surface area contributed by atoms with Crippen LogP contribution in [0.15, 0.2) is 48.5 Å². The molecule has 0 aliphatic heterocycles. The highest BCUT2D eigenvalue weighted by atomic mass is 32.2. The smallest absolute Gasteiger partial charge is 0.304 e. The number of aryl methyl sites for hydroxylation is 2. The van der Waals surface area contributed by atoms with Gasteiger partial charge in [-0.15, -0.1) is 0 Å². The minimum atomic E-state index is -3.99. The van der Waals surface area contributed by atoms with Gasteiger partial charge in [-0.25, -0.2) is 4.31 Å². The molecule has 0 fully saturated rings. The number of carbonyl (C=O) groups is 2. The van der Waals surface area contributed by atoms with Crippen LogP contribution in [0.2, 0.25) is 0 Å². The lowest BCUT2D eigenvalue weighted by molar-refractivity contribution is -0.140. The summed E-state index contributed by atoms with van der Waals surface area (Å²) in [7, 11) is -1.11. The van der Waals surface area contributed by atoms with Crippen molar-refractivity contribution >= 4 is 27.7 Å². The van der Waals surface area contributed by atoms with Crippen molar-refractivity contribution in [2.24, 2.45) is 0 Å². The SMILES string of the molecule is CC[C@H](C)NC(=O)[C@H](CC)N(Cc1ccccc1)C(=O)CN(c1cc(C)ccc1C)S(=O)(=O)N(C)C. The van der Waals surface area contributed by atoms with Crippen LogP contribution < -0.4 is 9.62 Å². The van der Waals surface area contributed by atoms with E-state index in [1.807, 2.05) is 77.1 Å². The average molecular weight is 517 g/mol. The van der Waals surface area contributed by atoms with Gasteiger partial charge in [-0.3, -0.25) is 9.59 Å². The Morgan fingerprint density at radius 2 is 1.61 bits per heavy atom. The molecule has 0 saturated heterocycles. The molecule has 2 rings (SSSR count). The topological polar surface area (TPSA) is 90.0 Å². The maximum atomic E-state index is 13.9. The Hall–Kier alpha value is -2.91. The molecule has 9 heteroatoms. The zero-order valence-electron chi connectivity index (χ0n) is 22.5. The van der Waals surface area contributed by atoms with Gasteiger partial charge in [0.25, 0.3) is 0 Å². The third-order valence-electron chi connectivity index (χ3n) is 6.23. The van der Waals surface area contributed by atoms with Crippen LogP contribution >= 0.6 is 0 Å². The quantitative estimate of drug-likeness (QED) is 0.466. The number of hydrogen-bond acceptors (Lipinski definition) is 4. The van der Waals surface area contributed by atoms with Crippen LogP contribution in [-0.4, -0.2) is 62.2 Å². The Morgan fingerprint density at radius 1 is 0.972 bits per heavy atom. The van der Waals surface area contributed by atoms with E-state index in [2.05, 4.69) is 5.32 Å². The second-order valence-corrected chi connectivity index (χ2v) is 11.4. The number of amides is 2. The first-order chi connectivity index (χ1) is 16.9. The van der Waals surface area contributed by atoms with Crippen LogP contribution in [0, 0.1) is 13.8 Å². The molecule has 198 valence electrons. The maximum Gasteiger partial charge on any atom is 0.304 e. The second kappa shape index (κ2) is 12.9. The third-order valence-corrected chi connectivity index (χ3v) is 8.04. The maximum absolute atomic E-state index is 13.9. The van der Waals surface area contributed by atoms with E-state index in [1.54, 1.807) is 6.07 Å². The van der Waals surface area contributed by atoms with Crippen LogP contribution in [0.5, 0.6) is 0 Å². The molecule has 0 heterocycles. The Morgan fingerprint density at radius 3 is 2.17 bits per heavy atom. The van der Waals surface area contributed by atoms with Crippen molar-refractivity contribution in [2.75, 3.05) is 24.9 Å². The van der Waals surface area contributed by atoms with E-state index in [1.165, 1.54) is 19.0 Å². The molecule has 0 bridgehead atoms. The van der Waals surface area contributed by atoms with Crippen molar-refractivity contribution < 1.29 is 18.0 Å². The number of nitrogens with one attached hydrogen (secondary N) is 1. The van der Waals surface area contributed by atoms with E-state index in [0.717, 1.165) is 31.7 Å². The molecule has 36 heavy (non-hydrogen) atoms. The average Bonchev–Trinajstić information content (AvgIpc) is 2.84. The lowest BCUT2D eigenvalue weighted by atomic mass is 10.1. The van der Waals surface area contributed by atoms with Crippen LogP contribution in [0.1, 0.15) is 50.3 Å². The van der Waals surface area contributed by atoms with E-state index in [0.29, 0.717) is 12.1 Å². The van der Waals surface area contributed by atoms with Gasteiger partial charge in [0.1, 0.15) is 12.6 Å². The lowest BCUT2D eigenvalue weighted by Crippen LogP contribution is -2.54. The molecule has 8 nitrogen and oxygen atoms in total. The predicted molar refractivity (Wildman–Crippen MR) is 145 cm³/mol. The number of carbonyl (C=O) groups excluding carboxylic acids is 2. The third kappa shape index (κ3) is 7.30. The summed E-state index contributed by atoms with van der Waals surface area (Å²) in [5, 5.41) is 2.98. The summed E-state index contributed by atoms with van der Waals surface area (Å²) in [5.41, 5.74) is 2.90. The molecule has 0 aliphatic carbocycles. The lowest BCUT2D eigenvalue weighted by Gasteiger charge is -2.34. The van der Waals surface area contributed by atoms with E-state index < -0.39 is 28.7 Å². The Labute approximate surface area is 216 Å². The molecule has 0 aromatic heterocycles. The van der Waals surface area contributed by atoms with Crippen molar-refractivity contribution in [3.8, 4) is 0 Å². The first kappa shape index (κ1) is 29.3. The van der Waals surface area contributed by atoms with Gasteiger partial charge in [-0.2, -0.15) is 12.7 Å². The van der Waals surface area contributed by atoms with Gasteiger partial charge in [-0.1, -0.05) is 56.3 Å². The first-order valence-electron chi connectivity index (χ1n) is 12.3. The Bertz CT molecular complexity index is 1140. The van der Waals surface area contributed by atoms with Gasteiger partial charge >= 0.3 is 10.2 Å². The van der Waals surface area contributed by atoms with Crippen LogP contribution in [-0.2, 0) is 26.3 Å². The predicted octanol–water partition coefficient (Wildman–Crippen LogP) is 3.64. The zero-order chi connectivity index (χ0) is 27.0. The summed E-state index contributed by atoms with van der Waals surface area (Å²) in [6, 6.07) is 14.1. The fourth-order valence-corrected chi connectivity index (χ4v) is 4.94. The summed E-state index contributed by atoms with van der Waals surface area (Å²) in [6.07, 6.45) is 1.15. The van der Waals surface area contributed by atoms with Gasteiger partial charge in [0.2, 0.25) is 11.8 Å². The highest BCUT2D eigenvalue weighted by Crippen LogP contribution is 2.26. The molecule has 0 spiro atoms. The molecule has 2 amide bonds. The van der Waals surface area contributed by atoms with E-state index in [4.69, 9.17) is 0 Å². The molecule has 0 radical (unpaired) electrons. The highest BCUT2D eigenvalue weighted by molar-refractivity contribution is 7.90. The van der Waals surface area contributed by atoms with Gasteiger partial charge in [-0.05, 0) is 56.4 Å². The number of anilines is 1. The van der Waals surface area contributed by atoms with Crippen molar-refractivity contribution in [1.82, 2.24) is 14.5 Å². The van der Waals surface area contributed by atoms with Crippen LogP contribution in [0.3, 0.4) is 0 Å². The summed E-state index contributed by atoms with van der Waals surface area (Å²) >= 11 is 0. The first-order valence-corrected chi connectivity index (χ1v) is 13.7. The van der Waals surface area contributed by atoms with E-state index >= 15 is 0 Å². The number of nitrogens with zero attached hydrogens (tertiary/aromatic N) is 3. The molecule has 0 aliphatic rings. The van der Waals surface area contributed by atoms with Gasteiger partial charge in [0, 0.05) is 26.7 Å². The fraction of sp³-hybridized carbons (Fsp3) is 0.481. The minimum Gasteiger partial charge on any atom is -0.352 e. The molecule has 1 N–H and O–H groups in total. The Kier molecular flexibility index (Phi) is 10.5. The molecule has 0 saturated carbocycles.